The Kier molecular flexibility index (Phi) is 10.1. The monoisotopic (exact) mass is 540 g/mol. The Bertz CT molecular complexity index is 934. The second-order valence-electron chi connectivity index (χ2n) is 8.03. The average Bonchev–Trinajstić information content (AvgIpc) is 2.83. The van der Waals surface area contributed by atoms with Crippen molar-refractivity contribution in [1.29, 1.82) is 0 Å². The molecule has 2 amide bonds. The van der Waals surface area contributed by atoms with E-state index in [1.807, 2.05) is 6.92 Å². The molecule has 0 radical (unpaired) electrons. The number of rotatable bonds is 9. The third kappa shape index (κ3) is 7.30. The van der Waals surface area contributed by atoms with E-state index >= 15 is 0 Å². The predicted octanol–water partition coefficient (Wildman–Crippen LogP) is -1.02. The molecule has 1 heterocycles. The summed E-state index contributed by atoms with van der Waals surface area (Å²) in [4.78, 5) is 34.2. The molecule has 6 atom stereocenters. The molecule has 1 aliphatic rings. The van der Waals surface area contributed by atoms with E-state index in [2.05, 4.69) is 5.32 Å². The zero-order valence-corrected chi connectivity index (χ0v) is 20.0. The Morgan fingerprint density at radius 1 is 1.25 bits per heavy atom. The van der Waals surface area contributed by atoms with Crippen molar-refractivity contribution in [3.8, 4) is 0 Å². The molecule has 0 spiro atoms. The van der Waals surface area contributed by atoms with E-state index in [1.54, 1.807) is 24.3 Å². The standard InChI is InChI=1S/C21H27F3N2O9S/c1-10-3-5-11(6-4-10)36-20(19(33)34-2)7-12(28)15(26-14(30)9-27)17(35-20)16(31)13(29)8-25-18(32)21(22,23)24/h3-6,12-13,15-17,27-29,31H,7-9H2,1-2H3,(H,25,32)(H,26,30)/t12-,13+,15+,16+,17+,20-/m0/s1. The van der Waals surface area contributed by atoms with Gasteiger partial charge < -0.3 is 40.5 Å². The minimum Gasteiger partial charge on any atom is -0.466 e. The second-order valence-corrected chi connectivity index (χ2v) is 9.37. The first-order valence-electron chi connectivity index (χ1n) is 10.6. The smallest absolute Gasteiger partial charge is 0.466 e. The van der Waals surface area contributed by atoms with E-state index in [4.69, 9.17) is 14.6 Å². The molecule has 6 N–H and O–H groups in total. The Balaban J connectivity index is 2.39. The average molecular weight is 541 g/mol. The Morgan fingerprint density at radius 3 is 2.39 bits per heavy atom. The zero-order valence-electron chi connectivity index (χ0n) is 19.2. The molecule has 0 aromatic heterocycles. The van der Waals surface area contributed by atoms with Gasteiger partial charge in [0, 0.05) is 17.9 Å². The largest absolute Gasteiger partial charge is 0.471 e. The Hall–Kier alpha value is -2.43. The number of esters is 1. The number of hydrogen-bond donors (Lipinski definition) is 6. The zero-order chi connectivity index (χ0) is 27.3. The molecule has 15 heteroatoms. The van der Waals surface area contributed by atoms with E-state index in [9.17, 15) is 42.9 Å². The van der Waals surface area contributed by atoms with Crippen LogP contribution in [0.5, 0.6) is 0 Å². The molecule has 0 bridgehead atoms. The first-order chi connectivity index (χ1) is 16.7. The number of thioether (sulfide) groups is 1. The van der Waals surface area contributed by atoms with Crippen LogP contribution < -0.4 is 10.6 Å². The van der Waals surface area contributed by atoms with Gasteiger partial charge in [-0.15, -0.1) is 0 Å². The first kappa shape index (κ1) is 29.8. The van der Waals surface area contributed by atoms with Crippen molar-refractivity contribution in [3.63, 3.8) is 0 Å². The number of carbonyl (C=O) groups is 3. The van der Waals surface area contributed by atoms with Crippen LogP contribution in [0.4, 0.5) is 13.2 Å². The SMILES string of the molecule is COC(=O)[C@@]1(Sc2ccc(C)cc2)C[C@H](O)[C@@H](NC(=O)CO)[C@H]([C@H](O)[C@H](O)CNC(=O)C(F)(F)F)O1. The molecule has 1 fully saturated rings. The summed E-state index contributed by atoms with van der Waals surface area (Å²) in [7, 11) is 1.04. The highest BCUT2D eigenvalue weighted by Crippen LogP contribution is 2.44. The van der Waals surface area contributed by atoms with E-state index in [1.165, 1.54) is 5.32 Å². The predicted molar refractivity (Wildman–Crippen MR) is 117 cm³/mol. The number of hydrogen-bond acceptors (Lipinski definition) is 10. The number of aryl methyl sites for hydroxylation is 1. The van der Waals surface area contributed by atoms with Crippen molar-refractivity contribution in [1.82, 2.24) is 10.6 Å². The number of ether oxygens (including phenoxy) is 2. The summed E-state index contributed by atoms with van der Waals surface area (Å²) in [6.45, 7) is -0.270. The molecule has 0 aliphatic carbocycles. The van der Waals surface area contributed by atoms with Gasteiger partial charge in [0.15, 0.2) is 0 Å². The summed E-state index contributed by atoms with van der Waals surface area (Å²) in [5.41, 5.74) is 0.903. The summed E-state index contributed by atoms with van der Waals surface area (Å²) in [5, 5.41) is 44.5. The molecular formula is C21H27F3N2O9S. The number of carbonyl (C=O) groups excluding carboxylic acids is 3. The van der Waals surface area contributed by atoms with Crippen LogP contribution in [0.15, 0.2) is 29.2 Å². The van der Waals surface area contributed by atoms with Gasteiger partial charge in [-0.3, -0.25) is 9.59 Å². The molecule has 1 aromatic rings. The lowest BCUT2D eigenvalue weighted by atomic mass is 9.89. The molecule has 202 valence electrons. The van der Waals surface area contributed by atoms with E-state index in [-0.39, 0.29) is 0 Å². The van der Waals surface area contributed by atoms with Crippen LogP contribution >= 0.6 is 11.8 Å². The van der Waals surface area contributed by atoms with Crippen LogP contribution in [0.25, 0.3) is 0 Å². The van der Waals surface area contributed by atoms with Gasteiger partial charge in [-0.25, -0.2) is 4.79 Å². The van der Waals surface area contributed by atoms with Crippen molar-refractivity contribution in [3.05, 3.63) is 29.8 Å². The van der Waals surface area contributed by atoms with Crippen LogP contribution in [-0.4, -0.2) is 100 Å². The fourth-order valence-corrected chi connectivity index (χ4v) is 4.72. The first-order valence-corrected chi connectivity index (χ1v) is 11.4. The van der Waals surface area contributed by atoms with Gasteiger partial charge in [0.05, 0.1) is 25.4 Å². The van der Waals surface area contributed by atoms with Crippen LogP contribution in [-0.2, 0) is 23.9 Å². The molecule has 36 heavy (non-hydrogen) atoms. The van der Waals surface area contributed by atoms with Gasteiger partial charge in [0.2, 0.25) is 10.8 Å². The lowest BCUT2D eigenvalue weighted by Crippen LogP contribution is -2.67. The fourth-order valence-electron chi connectivity index (χ4n) is 3.48. The van der Waals surface area contributed by atoms with Crippen molar-refractivity contribution in [2.75, 3.05) is 20.3 Å². The van der Waals surface area contributed by atoms with Gasteiger partial charge in [-0.1, -0.05) is 29.5 Å². The van der Waals surface area contributed by atoms with Gasteiger partial charge in [-0.05, 0) is 19.1 Å². The van der Waals surface area contributed by atoms with Crippen molar-refractivity contribution in [2.45, 2.75) is 59.8 Å². The summed E-state index contributed by atoms with van der Waals surface area (Å²) in [6, 6.07) is 5.25. The van der Waals surface area contributed by atoms with E-state index in [0.717, 1.165) is 24.4 Å². The maximum atomic E-state index is 12.8. The van der Waals surface area contributed by atoms with Gasteiger partial charge >= 0.3 is 18.1 Å². The molecule has 0 saturated carbocycles. The van der Waals surface area contributed by atoms with Crippen LogP contribution in [0.3, 0.4) is 0 Å². The lowest BCUT2D eigenvalue weighted by molar-refractivity contribution is -0.205. The maximum Gasteiger partial charge on any atom is 0.471 e. The Labute approximate surface area is 208 Å². The van der Waals surface area contributed by atoms with Gasteiger partial charge in [-0.2, -0.15) is 13.2 Å². The number of halogens is 3. The number of alkyl halides is 3. The number of amides is 2. The molecular weight excluding hydrogens is 513 g/mol. The lowest BCUT2D eigenvalue weighted by Gasteiger charge is -2.47. The number of aliphatic hydroxyl groups excluding tert-OH is 4. The van der Waals surface area contributed by atoms with Crippen molar-refractivity contribution in [2.24, 2.45) is 0 Å². The molecule has 1 aromatic carbocycles. The molecule has 2 rings (SSSR count). The highest BCUT2D eigenvalue weighted by Gasteiger charge is 2.56. The fraction of sp³-hybridized carbons (Fsp3) is 0.571. The minimum atomic E-state index is -5.25. The number of aliphatic hydroxyl groups is 4. The van der Waals surface area contributed by atoms with Crippen LogP contribution in [0.1, 0.15) is 12.0 Å². The topological polar surface area (TPSA) is 175 Å². The highest BCUT2D eigenvalue weighted by molar-refractivity contribution is 8.01. The van der Waals surface area contributed by atoms with E-state index in [0.29, 0.717) is 4.90 Å². The normalized spacial score (nSPS) is 26.0. The summed E-state index contributed by atoms with van der Waals surface area (Å²) in [6.07, 6.45) is -13.3. The maximum absolute atomic E-state index is 12.8. The summed E-state index contributed by atoms with van der Waals surface area (Å²) in [5.74, 6) is -4.37. The number of nitrogens with one attached hydrogen (secondary N) is 2. The van der Waals surface area contributed by atoms with Gasteiger partial charge in [0.25, 0.3) is 0 Å². The summed E-state index contributed by atoms with van der Waals surface area (Å²) >= 11 is 0.808. The molecule has 1 aliphatic heterocycles. The number of methoxy groups -OCH3 is 1. The molecule has 1 saturated heterocycles. The highest BCUT2D eigenvalue weighted by atomic mass is 32.2. The van der Waals surface area contributed by atoms with Gasteiger partial charge in [0.1, 0.15) is 18.8 Å². The second kappa shape index (κ2) is 12.2. The minimum absolute atomic E-state index is 0.473. The van der Waals surface area contributed by atoms with Crippen LogP contribution in [0, 0.1) is 6.92 Å². The Morgan fingerprint density at radius 2 is 1.86 bits per heavy atom. The number of benzene rings is 1. The molecule has 0 unspecified atom stereocenters. The third-order valence-corrected chi connectivity index (χ3v) is 6.57. The van der Waals surface area contributed by atoms with Crippen molar-refractivity contribution >= 4 is 29.5 Å². The van der Waals surface area contributed by atoms with Crippen molar-refractivity contribution < 1.29 is 57.5 Å². The van der Waals surface area contributed by atoms with E-state index < -0.39 is 78.9 Å². The third-order valence-electron chi connectivity index (χ3n) is 5.30. The van der Waals surface area contributed by atoms with Crippen LogP contribution in [0.2, 0.25) is 0 Å². The quantitative estimate of drug-likeness (QED) is 0.213. The molecule has 11 nitrogen and oxygen atoms in total. The summed E-state index contributed by atoms with van der Waals surface area (Å²) < 4.78 is 48.1.